The molecular formula is C15H21F3O6. The molecule has 1 unspecified atom stereocenters. The molecular weight excluding hydrogens is 333 g/mol. The Bertz CT molecular complexity index is 518. The van der Waals surface area contributed by atoms with Gasteiger partial charge in [-0.15, -0.1) is 0 Å². The van der Waals surface area contributed by atoms with E-state index < -0.39 is 48.3 Å². The highest BCUT2D eigenvalue weighted by molar-refractivity contribution is 5.87. The van der Waals surface area contributed by atoms with Gasteiger partial charge in [-0.1, -0.05) is 6.58 Å². The van der Waals surface area contributed by atoms with Gasteiger partial charge in [0, 0.05) is 5.57 Å². The van der Waals surface area contributed by atoms with Gasteiger partial charge in [0.05, 0.1) is 5.41 Å². The van der Waals surface area contributed by atoms with Crippen LogP contribution >= 0.6 is 0 Å². The summed E-state index contributed by atoms with van der Waals surface area (Å²) < 4.78 is 52.9. The van der Waals surface area contributed by atoms with Gasteiger partial charge in [0.1, 0.15) is 13.2 Å². The maximum atomic E-state index is 13.2. The Labute approximate surface area is 137 Å². The van der Waals surface area contributed by atoms with Crippen molar-refractivity contribution in [2.45, 2.75) is 46.4 Å². The number of halogens is 3. The molecule has 0 N–H and O–H groups in total. The summed E-state index contributed by atoms with van der Waals surface area (Å²) in [6.07, 6.45) is -5.18. The molecule has 0 aliphatic rings. The molecule has 138 valence electrons. The summed E-state index contributed by atoms with van der Waals surface area (Å²) in [4.78, 5) is 34.6. The lowest BCUT2D eigenvalue weighted by molar-refractivity contribution is -0.268. The molecule has 0 amide bonds. The summed E-state index contributed by atoms with van der Waals surface area (Å²) in [6.45, 7) is 8.02. The third-order valence-corrected chi connectivity index (χ3v) is 2.74. The van der Waals surface area contributed by atoms with Crippen molar-refractivity contribution >= 4 is 17.9 Å². The predicted octanol–water partition coefficient (Wildman–Crippen LogP) is 2.56. The molecule has 0 aromatic carbocycles. The Kier molecular flexibility index (Phi) is 7.01. The monoisotopic (exact) mass is 354 g/mol. The first-order chi connectivity index (χ1) is 10.6. The van der Waals surface area contributed by atoms with Gasteiger partial charge in [0.25, 0.3) is 5.60 Å². The average Bonchev–Trinajstić information content (AvgIpc) is 2.40. The zero-order valence-corrected chi connectivity index (χ0v) is 14.2. The van der Waals surface area contributed by atoms with E-state index in [9.17, 15) is 27.6 Å². The lowest BCUT2D eigenvalue weighted by Crippen LogP contribution is -2.55. The maximum Gasteiger partial charge on any atom is 0.439 e. The van der Waals surface area contributed by atoms with Crippen LogP contribution in [0, 0.1) is 5.41 Å². The summed E-state index contributed by atoms with van der Waals surface area (Å²) in [6, 6.07) is 0. The molecule has 0 heterocycles. The van der Waals surface area contributed by atoms with Crippen LogP contribution < -0.4 is 0 Å². The minimum absolute atomic E-state index is 0.0839. The van der Waals surface area contributed by atoms with E-state index in [1.54, 1.807) is 0 Å². The molecule has 0 saturated carbocycles. The Morgan fingerprint density at radius 3 is 1.75 bits per heavy atom. The quantitative estimate of drug-likeness (QED) is 0.316. The van der Waals surface area contributed by atoms with Crippen molar-refractivity contribution in [1.29, 1.82) is 0 Å². The fraction of sp³-hybridized carbons (Fsp3) is 0.667. The van der Waals surface area contributed by atoms with Crippen molar-refractivity contribution in [2.75, 3.05) is 13.2 Å². The second-order valence-corrected chi connectivity index (χ2v) is 6.22. The van der Waals surface area contributed by atoms with Crippen molar-refractivity contribution in [3.63, 3.8) is 0 Å². The molecule has 0 saturated heterocycles. The van der Waals surface area contributed by atoms with Gasteiger partial charge < -0.3 is 14.2 Å². The topological polar surface area (TPSA) is 78.9 Å². The molecule has 0 fully saturated rings. The first-order valence-corrected chi connectivity index (χ1v) is 6.93. The molecule has 0 spiro atoms. The first-order valence-electron chi connectivity index (χ1n) is 6.93. The van der Waals surface area contributed by atoms with E-state index in [4.69, 9.17) is 0 Å². The number of ether oxygens (including phenoxy) is 3. The van der Waals surface area contributed by atoms with E-state index in [2.05, 4.69) is 20.8 Å². The van der Waals surface area contributed by atoms with Gasteiger partial charge in [-0.05, 0) is 34.6 Å². The first kappa shape index (κ1) is 21.9. The molecule has 0 bridgehead atoms. The Balaban J connectivity index is 4.95. The van der Waals surface area contributed by atoms with Gasteiger partial charge in [0.15, 0.2) is 0 Å². The highest BCUT2D eigenvalue weighted by Crippen LogP contribution is 2.36. The van der Waals surface area contributed by atoms with Crippen molar-refractivity contribution < 1.29 is 41.8 Å². The third-order valence-electron chi connectivity index (χ3n) is 2.74. The summed E-state index contributed by atoms with van der Waals surface area (Å²) in [5.74, 6) is -3.80. The molecule has 9 heteroatoms. The smallest absolute Gasteiger partial charge is 0.439 e. The number of carbonyl (C=O) groups excluding carboxylic acids is 3. The molecule has 0 aromatic heterocycles. The summed E-state index contributed by atoms with van der Waals surface area (Å²) in [5, 5.41) is 0. The summed E-state index contributed by atoms with van der Waals surface area (Å²) in [7, 11) is 0. The van der Waals surface area contributed by atoms with Gasteiger partial charge in [0.2, 0.25) is 0 Å². The van der Waals surface area contributed by atoms with Crippen LogP contribution in [-0.2, 0) is 28.6 Å². The van der Waals surface area contributed by atoms with E-state index in [0.29, 0.717) is 6.92 Å². The van der Waals surface area contributed by atoms with E-state index >= 15 is 0 Å². The van der Waals surface area contributed by atoms with Crippen molar-refractivity contribution in [3.05, 3.63) is 12.2 Å². The number of rotatable bonds is 6. The van der Waals surface area contributed by atoms with Crippen LogP contribution in [0.5, 0.6) is 0 Å². The standard InChI is InChI=1S/C15H21F3O6/c1-9(2)10(19)22-7-8-23-12(21)14(6,15(16,17)18)24-11(20)13(3,4)5/h1,7-8H2,2-6H3. The van der Waals surface area contributed by atoms with Crippen molar-refractivity contribution in [3.8, 4) is 0 Å². The Hall–Kier alpha value is -2.06. The number of carbonyl (C=O) groups is 3. The molecule has 0 radical (unpaired) electrons. The molecule has 6 nitrogen and oxygen atoms in total. The largest absolute Gasteiger partial charge is 0.459 e. The van der Waals surface area contributed by atoms with Crippen LogP contribution in [0.3, 0.4) is 0 Å². The maximum absolute atomic E-state index is 13.2. The van der Waals surface area contributed by atoms with Gasteiger partial charge in [-0.2, -0.15) is 13.2 Å². The number of alkyl halides is 3. The number of esters is 3. The SMILES string of the molecule is C=C(C)C(=O)OCCOC(=O)C(C)(OC(=O)C(C)(C)C)C(F)(F)F. The zero-order chi connectivity index (χ0) is 19.3. The molecule has 0 rings (SSSR count). The van der Waals surface area contributed by atoms with Crippen molar-refractivity contribution in [2.24, 2.45) is 5.41 Å². The van der Waals surface area contributed by atoms with Crippen LogP contribution in [0.4, 0.5) is 13.2 Å². The molecule has 0 aliphatic heterocycles. The van der Waals surface area contributed by atoms with Crippen LogP contribution in [0.2, 0.25) is 0 Å². The van der Waals surface area contributed by atoms with Crippen LogP contribution in [0.1, 0.15) is 34.6 Å². The number of hydrogen-bond acceptors (Lipinski definition) is 6. The van der Waals surface area contributed by atoms with Gasteiger partial charge in [-0.25, -0.2) is 9.59 Å². The second kappa shape index (κ2) is 7.67. The molecule has 1 atom stereocenters. The summed E-state index contributed by atoms with van der Waals surface area (Å²) in [5.41, 5.74) is -4.62. The number of hydrogen-bond donors (Lipinski definition) is 0. The summed E-state index contributed by atoms with van der Waals surface area (Å²) >= 11 is 0. The second-order valence-electron chi connectivity index (χ2n) is 6.22. The zero-order valence-electron chi connectivity index (χ0n) is 14.2. The van der Waals surface area contributed by atoms with Crippen LogP contribution in [0.25, 0.3) is 0 Å². The van der Waals surface area contributed by atoms with E-state index in [0.717, 1.165) is 0 Å². The average molecular weight is 354 g/mol. The lowest BCUT2D eigenvalue weighted by Gasteiger charge is -2.31. The van der Waals surface area contributed by atoms with Gasteiger partial charge in [-0.3, -0.25) is 4.79 Å². The fourth-order valence-corrected chi connectivity index (χ4v) is 1.08. The molecule has 24 heavy (non-hydrogen) atoms. The van der Waals surface area contributed by atoms with Crippen molar-refractivity contribution in [1.82, 2.24) is 0 Å². The minimum Gasteiger partial charge on any atom is -0.459 e. The van der Waals surface area contributed by atoms with E-state index in [1.165, 1.54) is 27.7 Å². The third kappa shape index (κ3) is 5.86. The lowest BCUT2D eigenvalue weighted by atomic mass is 9.96. The highest BCUT2D eigenvalue weighted by Gasteiger charge is 2.62. The molecule has 0 aromatic rings. The van der Waals surface area contributed by atoms with Crippen LogP contribution in [0.15, 0.2) is 12.2 Å². The minimum atomic E-state index is -5.18. The fourth-order valence-electron chi connectivity index (χ4n) is 1.08. The normalized spacial score (nSPS) is 14.3. The Morgan fingerprint density at radius 2 is 1.38 bits per heavy atom. The highest BCUT2D eigenvalue weighted by atomic mass is 19.4. The predicted molar refractivity (Wildman–Crippen MR) is 76.7 cm³/mol. The van der Waals surface area contributed by atoms with E-state index in [1.807, 2.05) is 0 Å². The molecule has 0 aliphatic carbocycles. The van der Waals surface area contributed by atoms with E-state index in [-0.39, 0.29) is 5.57 Å². The van der Waals surface area contributed by atoms with Gasteiger partial charge >= 0.3 is 24.1 Å². The Morgan fingerprint density at radius 1 is 0.917 bits per heavy atom. The van der Waals surface area contributed by atoms with Crippen LogP contribution in [-0.4, -0.2) is 42.9 Å².